The topological polar surface area (TPSA) is 55.4 Å². The van der Waals surface area contributed by atoms with Gasteiger partial charge in [0.2, 0.25) is 5.91 Å². The van der Waals surface area contributed by atoms with Gasteiger partial charge in [-0.2, -0.15) is 0 Å². The van der Waals surface area contributed by atoms with Crippen molar-refractivity contribution >= 4 is 23.5 Å². The van der Waals surface area contributed by atoms with Crippen LogP contribution in [0.5, 0.6) is 0 Å². The first-order valence-corrected chi connectivity index (χ1v) is 7.02. The average Bonchev–Trinajstić information content (AvgIpc) is 3.15. The molecule has 0 saturated heterocycles. The van der Waals surface area contributed by atoms with E-state index in [1.807, 2.05) is 25.1 Å². The Bertz CT molecular complexity index is 518. The maximum Gasteiger partial charge on any atom is 0.307 e. The van der Waals surface area contributed by atoms with Crippen LogP contribution in [0.2, 0.25) is 5.02 Å². The average molecular weight is 296 g/mol. The number of amides is 1. The van der Waals surface area contributed by atoms with Gasteiger partial charge in [-0.05, 0) is 24.0 Å². The number of ether oxygens (including phenoxy) is 1. The summed E-state index contributed by atoms with van der Waals surface area (Å²) in [6.45, 7) is 2.04. The predicted molar refractivity (Wildman–Crippen MR) is 76.2 cm³/mol. The molecule has 3 atom stereocenters. The van der Waals surface area contributed by atoms with Crippen molar-refractivity contribution in [3.8, 4) is 0 Å². The summed E-state index contributed by atoms with van der Waals surface area (Å²) in [6, 6.07) is 6.75. The minimum absolute atomic E-state index is 0.0219. The van der Waals surface area contributed by atoms with Gasteiger partial charge in [0, 0.05) is 10.9 Å². The third kappa shape index (κ3) is 3.51. The fourth-order valence-corrected chi connectivity index (χ4v) is 2.48. The van der Waals surface area contributed by atoms with E-state index in [1.165, 1.54) is 7.11 Å². The third-order valence-electron chi connectivity index (χ3n) is 3.64. The van der Waals surface area contributed by atoms with E-state index in [2.05, 4.69) is 10.1 Å². The van der Waals surface area contributed by atoms with Crippen molar-refractivity contribution in [3.63, 3.8) is 0 Å². The molecule has 5 heteroatoms. The molecule has 0 aromatic heterocycles. The molecule has 1 amide bonds. The smallest absolute Gasteiger partial charge is 0.307 e. The Hall–Kier alpha value is -1.55. The molecule has 1 saturated carbocycles. The number of halogens is 1. The summed E-state index contributed by atoms with van der Waals surface area (Å²) in [5.41, 5.74) is 0.737. The highest BCUT2D eigenvalue weighted by Gasteiger charge is 2.40. The normalized spacial score (nSPS) is 21.9. The second kappa shape index (κ2) is 6.27. The number of methoxy groups -OCH3 is 1. The van der Waals surface area contributed by atoms with Crippen molar-refractivity contribution in [1.82, 2.24) is 5.32 Å². The van der Waals surface area contributed by atoms with Gasteiger partial charge in [-0.3, -0.25) is 9.59 Å². The largest absolute Gasteiger partial charge is 0.469 e. The van der Waals surface area contributed by atoms with Crippen molar-refractivity contribution in [3.05, 3.63) is 34.9 Å². The Labute approximate surface area is 123 Å². The van der Waals surface area contributed by atoms with Crippen LogP contribution in [0.15, 0.2) is 24.3 Å². The van der Waals surface area contributed by atoms with Crippen LogP contribution in [-0.4, -0.2) is 19.0 Å². The predicted octanol–water partition coefficient (Wildman–Crippen LogP) is 2.72. The van der Waals surface area contributed by atoms with Crippen molar-refractivity contribution in [2.24, 2.45) is 11.8 Å². The molecule has 108 valence electrons. The van der Waals surface area contributed by atoms with Gasteiger partial charge >= 0.3 is 5.97 Å². The summed E-state index contributed by atoms with van der Waals surface area (Å²) >= 11 is 6.15. The second-order valence-electron chi connectivity index (χ2n) is 5.18. The van der Waals surface area contributed by atoms with Gasteiger partial charge in [-0.25, -0.2) is 0 Å². The van der Waals surface area contributed by atoms with Gasteiger partial charge in [0.05, 0.1) is 19.6 Å². The number of esters is 1. The molecule has 1 aliphatic rings. The molecule has 0 aliphatic heterocycles. The van der Waals surface area contributed by atoms with Crippen molar-refractivity contribution in [2.45, 2.75) is 25.8 Å². The molecule has 1 aliphatic carbocycles. The highest BCUT2D eigenvalue weighted by Crippen LogP contribution is 2.38. The maximum absolute atomic E-state index is 12.1. The van der Waals surface area contributed by atoms with Gasteiger partial charge in [-0.1, -0.05) is 36.7 Å². The molecule has 2 rings (SSSR count). The summed E-state index contributed by atoms with van der Waals surface area (Å²) in [4.78, 5) is 23.6. The first kappa shape index (κ1) is 14.9. The van der Waals surface area contributed by atoms with Crippen LogP contribution in [0, 0.1) is 11.8 Å². The highest BCUT2D eigenvalue weighted by atomic mass is 35.5. The minimum Gasteiger partial charge on any atom is -0.469 e. The zero-order valence-electron chi connectivity index (χ0n) is 11.6. The summed E-state index contributed by atoms with van der Waals surface area (Å²) in [5, 5.41) is 3.44. The second-order valence-corrected chi connectivity index (χ2v) is 5.59. The van der Waals surface area contributed by atoms with Crippen LogP contribution in [0.25, 0.3) is 0 Å². The number of carbonyl (C=O) groups excluding carboxylic acids is 2. The highest BCUT2D eigenvalue weighted by molar-refractivity contribution is 6.31. The van der Waals surface area contributed by atoms with Crippen molar-refractivity contribution in [2.75, 3.05) is 7.11 Å². The van der Waals surface area contributed by atoms with Crippen LogP contribution >= 0.6 is 11.6 Å². The Morgan fingerprint density at radius 3 is 2.65 bits per heavy atom. The van der Waals surface area contributed by atoms with E-state index in [9.17, 15) is 9.59 Å². The van der Waals surface area contributed by atoms with Gasteiger partial charge in [0.1, 0.15) is 0 Å². The Balaban J connectivity index is 2.14. The molecule has 0 radical (unpaired) electrons. The Kier molecular flexibility index (Phi) is 4.65. The number of rotatable bonds is 5. The molecule has 1 N–H and O–H groups in total. The fraction of sp³-hybridized carbons (Fsp3) is 0.467. The lowest BCUT2D eigenvalue weighted by atomic mass is 10.0. The Morgan fingerprint density at radius 1 is 1.45 bits per heavy atom. The lowest BCUT2D eigenvalue weighted by molar-refractivity contribution is -0.141. The first-order chi connectivity index (χ1) is 9.52. The molecular formula is C15H18ClNO3. The van der Waals surface area contributed by atoms with Gasteiger partial charge in [-0.15, -0.1) is 0 Å². The fourth-order valence-electron chi connectivity index (χ4n) is 2.21. The van der Waals surface area contributed by atoms with Crippen LogP contribution < -0.4 is 5.32 Å². The van der Waals surface area contributed by atoms with Gasteiger partial charge < -0.3 is 10.1 Å². The van der Waals surface area contributed by atoms with Crippen LogP contribution in [0.3, 0.4) is 0 Å². The van der Waals surface area contributed by atoms with Gasteiger partial charge in [0.15, 0.2) is 0 Å². The van der Waals surface area contributed by atoms with Crippen molar-refractivity contribution in [1.29, 1.82) is 0 Å². The van der Waals surface area contributed by atoms with E-state index < -0.39 is 6.04 Å². The summed E-state index contributed by atoms with van der Waals surface area (Å²) < 4.78 is 4.69. The van der Waals surface area contributed by atoms with E-state index in [4.69, 9.17) is 11.6 Å². The first-order valence-electron chi connectivity index (χ1n) is 6.64. The summed E-state index contributed by atoms with van der Waals surface area (Å²) in [7, 11) is 1.33. The van der Waals surface area contributed by atoms with Crippen LogP contribution in [0.1, 0.15) is 31.4 Å². The number of hydrogen-bond acceptors (Lipinski definition) is 3. The van der Waals surface area contributed by atoms with Crippen LogP contribution in [0.4, 0.5) is 0 Å². The molecular weight excluding hydrogens is 278 g/mol. The third-order valence-corrected chi connectivity index (χ3v) is 3.99. The molecule has 0 heterocycles. The number of hydrogen-bond donors (Lipinski definition) is 1. The molecule has 1 aromatic carbocycles. The van der Waals surface area contributed by atoms with E-state index in [-0.39, 0.29) is 24.2 Å². The lowest BCUT2D eigenvalue weighted by Crippen LogP contribution is -2.32. The Morgan fingerprint density at radius 2 is 2.10 bits per heavy atom. The van der Waals surface area contributed by atoms with Crippen LogP contribution in [-0.2, 0) is 14.3 Å². The molecule has 20 heavy (non-hydrogen) atoms. The lowest BCUT2D eigenvalue weighted by Gasteiger charge is -2.19. The number of nitrogens with one attached hydrogen (secondary N) is 1. The zero-order valence-corrected chi connectivity index (χ0v) is 12.3. The molecule has 1 aromatic rings. The molecule has 4 nitrogen and oxygen atoms in total. The van der Waals surface area contributed by atoms with Gasteiger partial charge in [0.25, 0.3) is 0 Å². The van der Waals surface area contributed by atoms with E-state index >= 15 is 0 Å². The molecule has 0 bridgehead atoms. The van der Waals surface area contributed by atoms with E-state index in [0.29, 0.717) is 10.9 Å². The van der Waals surface area contributed by atoms with E-state index in [0.717, 1.165) is 12.0 Å². The molecule has 0 spiro atoms. The monoisotopic (exact) mass is 295 g/mol. The summed E-state index contributed by atoms with van der Waals surface area (Å²) in [6.07, 6.45) is 0.979. The molecule has 0 unspecified atom stereocenters. The van der Waals surface area contributed by atoms with Crippen molar-refractivity contribution < 1.29 is 14.3 Å². The standard InChI is InChI=1S/C15H18ClNO3/c1-9-7-11(9)15(19)17-13(8-14(18)20-2)10-5-3-4-6-12(10)16/h3-6,9,11,13H,7-8H2,1-2H3,(H,17,19)/t9-,11-,13-/m0/s1. The summed E-state index contributed by atoms with van der Waals surface area (Å²) in [5.74, 6) is 0.0723. The van der Waals surface area contributed by atoms with E-state index in [1.54, 1.807) is 6.07 Å². The minimum atomic E-state index is -0.448. The zero-order chi connectivity index (χ0) is 14.7. The SMILES string of the molecule is COC(=O)C[C@H](NC(=O)[C@H]1C[C@@H]1C)c1ccccc1Cl. The number of benzene rings is 1. The molecule has 1 fully saturated rings. The quantitative estimate of drug-likeness (QED) is 0.850. The number of carbonyl (C=O) groups is 2. The maximum atomic E-state index is 12.1.